The molecule has 0 saturated heterocycles. The molecule has 2 aromatic rings. The minimum atomic E-state index is -0.149. The van der Waals surface area contributed by atoms with Crippen LogP contribution in [-0.4, -0.2) is 44.3 Å². The number of hydrogen-bond acceptors (Lipinski definition) is 5. The van der Waals surface area contributed by atoms with Gasteiger partial charge in [0.05, 0.1) is 19.3 Å². The number of nitrogens with one attached hydrogen (secondary N) is 3. The maximum absolute atomic E-state index is 12.2. The van der Waals surface area contributed by atoms with E-state index >= 15 is 0 Å². The Labute approximate surface area is 172 Å². The summed E-state index contributed by atoms with van der Waals surface area (Å²) < 4.78 is 10.5. The van der Waals surface area contributed by atoms with Gasteiger partial charge in [-0.3, -0.25) is 9.79 Å². The van der Waals surface area contributed by atoms with Crippen molar-refractivity contribution in [2.24, 2.45) is 4.99 Å². The van der Waals surface area contributed by atoms with Crippen molar-refractivity contribution in [3.05, 3.63) is 47.3 Å². The molecule has 3 N–H and O–H groups in total. The fourth-order valence-electron chi connectivity index (χ4n) is 2.93. The van der Waals surface area contributed by atoms with Gasteiger partial charge in [-0.05, 0) is 31.0 Å². The summed E-state index contributed by atoms with van der Waals surface area (Å²) >= 11 is 0. The normalized spacial score (nSPS) is 11.4. The number of rotatable bonds is 10. The number of carbonyl (C=O) groups excluding carboxylic acids is 1. The summed E-state index contributed by atoms with van der Waals surface area (Å²) in [5.41, 5.74) is 1.56. The van der Waals surface area contributed by atoms with Gasteiger partial charge >= 0.3 is 0 Å². The lowest BCUT2D eigenvalue weighted by atomic mass is 9.99. The molecule has 8 heteroatoms. The maximum Gasteiger partial charge on any atom is 0.251 e. The molecule has 1 heterocycles. The van der Waals surface area contributed by atoms with E-state index in [-0.39, 0.29) is 5.91 Å². The smallest absolute Gasteiger partial charge is 0.251 e. The number of ether oxygens (including phenoxy) is 1. The van der Waals surface area contributed by atoms with Crippen molar-refractivity contribution in [2.75, 3.05) is 27.2 Å². The molecule has 2 rings (SSSR count). The van der Waals surface area contributed by atoms with Gasteiger partial charge in [0.25, 0.3) is 5.91 Å². The molecule has 0 aliphatic rings. The molecule has 0 aliphatic heterocycles. The number of guanidine groups is 1. The van der Waals surface area contributed by atoms with Gasteiger partial charge in [-0.1, -0.05) is 25.1 Å². The average molecular weight is 402 g/mol. The highest BCUT2D eigenvalue weighted by Crippen LogP contribution is 2.22. The first-order chi connectivity index (χ1) is 14.1. The summed E-state index contributed by atoms with van der Waals surface area (Å²) in [6, 6.07) is 9.04. The number of carbonyl (C=O) groups is 1. The van der Waals surface area contributed by atoms with Crippen LogP contribution in [0.25, 0.3) is 0 Å². The van der Waals surface area contributed by atoms with Crippen LogP contribution in [0.15, 0.2) is 39.8 Å². The lowest BCUT2D eigenvalue weighted by molar-refractivity contribution is 0.0954. The van der Waals surface area contributed by atoms with E-state index in [0.29, 0.717) is 42.8 Å². The van der Waals surface area contributed by atoms with Gasteiger partial charge in [-0.2, -0.15) is 0 Å². The first-order valence-corrected chi connectivity index (χ1v) is 9.93. The van der Waals surface area contributed by atoms with Gasteiger partial charge < -0.3 is 25.2 Å². The molecule has 1 amide bonds. The Morgan fingerprint density at radius 2 is 1.93 bits per heavy atom. The van der Waals surface area contributed by atoms with Crippen molar-refractivity contribution in [3.8, 4) is 5.75 Å². The minimum Gasteiger partial charge on any atom is -0.497 e. The van der Waals surface area contributed by atoms with Crippen molar-refractivity contribution in [3.63, 3.8) is 0 Å². The number of benzene rings is 1. The van der Waals surface area contributed by atoms with Gasteiger partial charge in [0.2, 0.25) is 0 Å². The molecule has 0 spiro atoms. The molecule has 0 unspecified atom stereocenters. The third kappa shape index (κ3) is 6.81. The average Bonchev–Trinajstić information content (AvgIpc) is 3.22. The molecule has 0 fully saturated rings. The maximum atomic E-state index is 12.2. The second-order valence-electron chi connectivity index (χ2n) is 6.57. The summed E-state index contributed by atoms with van der Waals surface area (Å²) in [4.78, 5) is 16.4. The Kier molecular flexibility index (Phi) is 9.01. The van der Waals surface area contributed by atoms with E-state index in [0.717, 1.165) is 24.3 Å². The zero-order valence-electron chi connectivity index (χ0n) is 17.6. The molecule has 1 aromatic carbocycles. The fraction of sp³-hybridized carbons (Fsp3) is 0.476. The van der Waals surface area contributed by atoms with Crippen LogP contribution in [0.2, 0.25) is 0 Å². The van der Waals surface area contributed by atoms with E-state index in [9.17, 15) is 4.79 Å². The molecule has 0 radical (unpaired) electrons. The highest BCUT2D eigenvalue weighted by molar-refractivity contribution is 5.94. The van der Waals surface area contributed by atoms with Crippen molar-refractivity contribution in [2.45, 2.75) is 39.2 Å². The third-order valence-corrected chi connectivity index (χ3v) is 4.67. The van der Waals surface area contributed by atoms with E-state index in [1.807, 2.05) is 6.07 Å². The lowest BCUT2D eigenvalue weighted by Gasteiger charge is -2.11. The molecular formula is C21H31N5O3. The summed E-state index contributed by atoms with van der Waals surface area (Å²) in [6.07, 6.45) is 2.08. The van der Waals surface area contributed by atoms with Crippen molar-refractivity contribution < 1.29 is 14.1 Å². The topological polar surface area (TPSA) is 101 Å². The fourth-order valence-corrected chi connectivity index (χ4v) is 2.93. The zero-order valence-corrected chi connectivity index (χ0v) is 17.6. The monoisotopic (exact) mass is 401 g/mol. The van der Waals surface area contributed by atoms with Gasteiger partial charge in [-0.25, -0.2) is 0 Å². The standard InChI is InChI=1S/C21H31N5O3/c1-5-15(6-2)19-13-18(29-26-19)14-25-21(22-3)24-11-10-23-20(27)16-8-7-9-17(12-16)28-4/h7-9,12-13,15H,5-6,10-11,14H2,1-4H3,(H,23,27)(H2,22,24,25). The highest BCUT2D eigenvalue weighted by atomic mass is 16.5. The van der Waals surface area contributed by atoms with Crippen LogP contribution < -0.4 is 20.7 Å². The van der Waals surface area contributed by atoms with Gasteiger partial charge in [0.15, 0.2) is 11.7 Å². The van der Waals surface area contributed by atoms with Crippen LogP contribution in [0.3, 0.4) is 0 Å². The zero-order chi connectivity index (χ0) is 21.1. The number of hydrogen-bond donors (Lipinski definition) is 3. The largest absolute Gasteiger partial charge is 0.497 e. The predicted molar refractivity (Wildman–Crippen MR) is 113 cm³/mol. The Hall–Kier alpha value is -3.03. The second kappa shape index (κ2) is 11.7. The third-order valence-electron chi connectivity index (χ3n) is 4.67. The minimum absolute atomic E-state index is 0.149. The van der Waals surface area contributed by atoms with Crippen LogP contribution in [0.1, 0.15) is 54.4 Å². The van der Waals surface area contributed by atoms with Crippen molar-refractivity contribution in [1.82, 2.24) is 21.1 Å². The predicted octanol–water partition coefficient (Wildman–Crippen LogP) is 2.68. The van der Waals surface area contributed by atoms with E-state index in [4.69, 9.17) is 9.26 Å². The molecule has 0 saturated carbocycles. The Morgan fingerprint density at radius 1 is 1.17 bits per heavy atom. The van der Waals surface area contributed by atoms with Crippen molar-refractivity contribution in [1.29, 1.82) is 0 Å². The molecule has 158 valence electrons. The highest BCUT2D eigenvalue weighted by Gasteiger charge is 2.13. The first-order valence-electron chi connectivity index (χ1n) is 9.93. The molecule has 0 atom stereocenters. The molecule has 0 aliphatic carbocycles. The Balaban J connectivity index is 1.73. The van der Waals surface area contributed by atoms with Gasteiger partial charge in [0, 0.05) is 37.7 Å². The summed E-state index contributed by atoms with van der Waals surface area (Å²) in [5, 5.41) is 13.4. The molecule has 1 aromatic heterocycles. The van der Waals surface area contributed by atoms with E-state index < -0.39 is 0 Å². The van der Waals surface area contributed by atoms with Crippen LogP contribution >= 0.6 is 0 Å². The number of nitrogens with zero attached hydrogens (tertiary/aromatic N) is 2. The summed E-state index contributed by atoms with van der Waals surface area (Å²) in [5.74, 6) is 2.32. The first kappa shape index (κ1) is 22.3. The SMILES string of the molecule is CCC(CC)c1cc(CNC(=NC)NCCNC(=O)c2cccc(OC)c2)on1. The van der Waals surface area contributed by atoms with E-state index in [1.54, 1.807) is 38.4 Å². The number of aromatic nitrogens is 1. The van der Waals surface area contributed by atoms with Crippen molar-refractivity contribution >= 4 is 11.9 Å². The lowest BCUT2D eigenvalue weighted by Crippen LogP contribution is -2.41. The van der Waals surface area contributed by atoms with Crippen LogP contribution in [-0.2, 0) is 6.54 Å². The van der Waals surface area contributed by atoms with Crippen LogP contribution in [0.4, 0.5) is 0 Å². The molecule has 29 heavy (non-hydrogen) atoms. The Bertz CT molecular complexity index is 799. The second-order valence-corrected chi connectivity index (χ2v) is 6.57. The van der Waals surface area contributed by atoms with Gasteiger partial charge in [0.1, 0.15) is 5.75 Å². The number of aliphatic imine (C=N–C) groups is 1. The number of amides is 1. The molecule has 8 nitrogen and oxygen atoms in total. The number of methoxy groups -OCH3 is 1. The van der Waals surface area contributed by atoms with E-state index in [1.165, 1.54) is 0 Å². The van der Waals surface area contributed by atoms with E-state index in [2.05, 4.69) is 39.9 Å². The summed E-state index contributed by atoms with van der Waals surface area (Å²) in [7, 11) is 3.27. The quantitative estimate of drug-likeness (QED) is 0.321. The summed E-state index contributed by atoms with van der Waals surface area (Å²) in [6.45, 7) is 5.78. The van der Waals surface area contributed by atoms with Gasteiger partial charge in [-0.15, -0.1) is 0 Å². The molecule has 0 bridgehead atoms. The van der Waals surface area contributed by atoms with Crippen LogP contribution in [0, 0.1) is 0 Å². The van der Waals surface area contributed by atoms with Crippen LogP contribution in [0.5, 0.6) is 5.75 Å². The molecular weight excluding hydrogens is 370 g/mol. The Morgan fingerprint density at radius 3 is 2.62 bits per heavy atom.